The number of hydrogen-bond donors (Lipinski definition) is 1. The highest BCUT2D eigenvalue weighted by atomic mass is 16.2. The van der Waals surface area contributed by atoms with Gasteiger partial charge in [0.2, 0.25) is 5.91 Å². The van der Waals surface area contributed by atoms with Gasteiger partial charge >= 0.3 is 0 Å². The van der Waals surface area contributed by atoms with Gasteiger partial charge in [-0.15, -0.1) is 0 Å². The number of nitrogens with one attached hydrogen (secondary N) is 1. The molecule has 1 amide bonds. The highest BCUT2D eigenvalue weighted by molar-refractivity contribution is 5.83. The molecular weight excluding hydrogens is 322 g/mol. The summed E-state index contributed by atoms with van der Waals surface area (Å²) >= 11 is 0. The lowest BCUT2D eigenvalue weighted by Gasteiger charge is -2.27. The van der Waals surface area contributed by atoms with Gasteiger partial charge < -0.3 is 4.90 Å². The molecular formula is C22H23N3O. The number of carbonyl (C=O) groups is 1. The largest absolute Gasteiger partial charge is 0.347 e. The molecule has 0 spiro atoms. The van der Waals surface area contributed by atoms with Crippen LogP contribution in [0.4, 0.5) is 0 Å². The second kappa shape index (κ2) is 8.41. The van der Waals surface area contributed by atoms with Crippen LogP contribution in [0.5, 0.6) is 0 Å². The number of aromatic nitrogens is 1. The number of nitrogens with zero attached hydrogens (tertiary/aromatic N) is 2. The summed E-state index contributed by atoms with van der Waals surface area (Å²) in [5.74, 6) is 0.00747. The standard InChI is InChI=1S/C22H23N3O/c1-25(2)22(26)21(18-13-7-4-8-14-18)24-20(17-11-5-3-6-12-17)19-15-9-10-16-23-19/h3-16,20-21,24H,1-2H3. The quantitative estimate of drug-likeness (QED) is 0.742. The predicted molar refractivity (Wildman–Crippen MR) is 104 cm³/mol. The number of amides is 1. The second-order valence-corrected chi connectivity index (χ2v) is 6.34. The number of hydrogen-bond acceptors (Lipinski definition) is 3. The molecule has 4 nitrogen and oxygen atoms in total. The van der Waals surface area contributed by atoms with Crippen molar-refractivity contribution in [3.63, 3.8) is 0 Å². The summed E-state index contributed by atoms with van der Waals surface area (Å²) in [4.78, 5) is 19.0. The van der Waals surface area contributed by atoms with Crippen molar-refractivity contribution in [2.75, 3.05) is 14.1 Å². The van der Waals surface area contributed by atoms with Crippen LogP contribution in [-0.4, -0.2) is 29.9 Å². The molecule has 2 atom stereocenters. The van der Waals surface area contributed by atoms with Gasteiger partial charge in [-0.3, -0.25) is 15.1 Å². The summed E-state index contributed by atoms with van der Waals surface area (Å²) in [6.45, 7) is 0. The number of pyridine rings is 1. The summed E-state index contributed by atoms with van der Waals surface area (Å²) in [5.41, 5.74) is 2.88. The van der Waals surface area contributed by atoms with Gasteiger partial charge in [0.25, 0.3) is 0 Å². The summed E-state index contributed by atoms with van der Waals surface area (Å²) in [5, 5.41) is 3.53. The Morgan fingerprint density at radius 3 is 1.96 bits per heavy atom. The first-order valence-corrected chi connectivity index (χ1v) is 8.65. The topological polar surface area (TPSA) is 45.2 Å². The zero-order chi connectivity index (χ0) is 18.4. The van der Waals surface area contributed by atoms with Gasteiger partial charge in [0, 0.05) is 20.3 Å². The molecule has 3 rings (SSSR count). The Morgan fingerprint density at radius 2 is 1.42 bits per heavy atom. The maximum Gasteiger partial charge on any atom is 0.243 e. The Labute approximate surface area is 154 Å². The molecule has 0 aliphatic rings. The van der Waals surface area contributed by atoms with Gasteiger partial charge in [-0.05, 0) is 23.3 Å². The molecule has 132 valence electrons. The third-order valence-electron chi connectivity index (χ3n) is 4.27. The summed E-state index contributed by atoms with van der Waals surface area (Å²) < 4.78 is 0. The van der Waals surface area contributed by atoms with Crippen molar-refractivity contribution in [2.45, 2.75) is 12.1 Å². The number of benzene rings is 2. The van der Waals surface area contributed by atoms with Crippen molar-refractivity contribution in [1.82, 2.24) is 15.2 Å². The highest BCUT2D eigenvalue weighted by Crippen LogP contribution is 2.25. The lowest BCUT2D eigenvalue weighted by Crippen LogP contribution is -2.39. The van der Waals surface area contributed by atoms with E-state index in [0.29, 0.717) is 0 Å². The van der Waals surface area contributed by atoms with Crippen LogP contribution in [0.15, 0.2) is 85.1 Å². The Balaban J connectivity index is 2.01. The Kier molecular flexibility index (Phi) is 5.77. The molecule has 26 heavy (non-hydrogen) atoms. The van der Waals surface area contributed by atoms with Crippen LogP contribution in [0.2, 0.25) is 0 Å². The fourth-order valence-corrected chi connectivity index (χ4v) is 2.93. The minimum Gasteiger partial charge on any atom is -0.347 e. The Morgan fingerprint density at radius 1 is 0.846 bits per heavy atom. The average molecular weight is 345 g/mol. The van der Waals surface area contributed by atoms with E-state index in [1.54, 1.807) is 25.2 Å². The van der Waals surface area contributed by atoms with Gasteiger partial charge in [0.15, 0.2) is 0 Å². The van der Waals surface area contributed by atoms with Crippen molar-refractivity contribution < 1.29 is 4.79 Å². The van der Waals surface area contributed by atoms with Crippen LogP contribution in [0.25, 0.3) is 0 Å². The lowest BCUT2D eigenvalue weighted by molar-refractivity contribution is -0.131. The minimum atomic E-state index is -0.460. The highest BCUT2D eigenvalue weighted by Gasteiger charge is 2.27. The molecule has 3 aromatic rings. The van der Waals surface area contributed by atoms with Gasteiger partial charge in [0.05, 0.1) is 11.7 Å². The van der Waals surface area contributed by atoms with E-state index in [4.69, 9.17) is 0 Å². The Bertz CT molecular complexity index is 780. The van der Waals surface area contributed by atoms with Crippen LogP contribution in [0.1, 0.15) is 28.9 Å². The van der Waals surface area contributed by atoms with Gasteiger partial charge in [-0.1, -0.05) is 66.7 Å². The first kappa shape index (κ1) is 17.8. The lowest BCUT2D eigenvalue weighted by atomic mass is 9.99. The van der Waals surface area contributed by atoms with E-state index < -0.39 is 6.04 Å². The van der Waals surface area contributed by atoms with E-state index in [-0.39, 0.29) is 11.9 Å². The summed E-state index contributed by atoms with van der Waals surface area (Å²) in [7, 11) is 3.55. The van der Waals surface area contributed by atoms with E-state index in [1.807, 2.05) is 66.7 Å². The predicted octanol–water partition coefficient (Wildman–Crippen LogP) is 3.59. The molecule has 0 bridgehead atoms. The third kappa shape index (κ3) is 4.16. The normalized spacial score (nSPS) is 13.0. The molecule has 0 saturated heterocycles. The third-order valence-corrected chi connectivity index (χ3v) is 4.27. The van der Waals surface area contributed by atoms with Crippen LogP contribution in [-0.2, 0) is 4.79 Å². The minimum absolute atomic E-state index is 0.00747. The molecule has 0 aliphatic carbocycles. The smallest absolute Gasteiger partial charge is 0.243 e. The van der Waals surface area contributed by atoms with Crippen molar-refractivity contribution in [3.8, 4) is 0 Å². The second-order valence-electron chi connectivity index (χ2n) is 6.34. The fraction of sp³-hybridized carbons (Fsp3) is 0.182. The summed E-state index contributed by atoms with van der Waals surface area (Å²) in [6.07, 6.45) is 1.78. The van der Waals surface area contributed by atoms with Crippen LogP contribution >= 0.6 is 0 Å². The van der Waals surface area contributed by atoms with E-state index in [0.717, 1.165) is 16.8 Å². The van der Waals surface area contributed by atoms with Gasteiger partial charge in [-0.25, -0.2) is 0 Å². The van der Waals surface area contributed by atoms with Crippen molar-refractivity contribution in [2.24, 2.45) is 0 Å². The van der Waals surface area contributed by atoms with E-state index in [2.05, 4.69) is 22.4 Å². The fourth-order valence-electron chi connectivity index (χ4n) is 2.93. The van der Waals surface area contributed by atoms with Gasteiger partial charge in [0.1, 0.15) is 6.04 Å². The zero-order valence-electron chi connectivity index (χ0n) is 15.0. The van der Waals surface area contributed by atoms with Crippen LogP contribution < -0.4 is 5.32 Å². The molecule has 0 aliphatic heterocycles. The molecule has 2 unspecified atom stereocenters. The van der Waals surface area contributed by atoms with Crippen LogP contribution in [0.3, 0.4) is 0 Å². The molecule has 1 heterocycles. The summed E-state index contributed by atoms with van der Waals surface area (Å²) in [6, 6.07) is 25.1. The molecule has 0 fully saturated rings. The Hall–Kier alpha value is -2.98. The molecule has 0 saturated carbocycles. The van der Waals surface area contributed by atoms with E-state index in [1.165, 1.54) is 0 Å². The monoisotopic (exact) mass is 345 g/mol. The van der Waals surface area contributed by atoms with Crippen molar-refractivity contribution in [3.05, 3.63) is 102 Å². The molecule has 0 radical (unpaired) electrons. The zero-order valence-corrected chi connectivity index (χ0v) is 15.0. The average Bonchev–Trinajstić information content (AvgIpc) is 2.70. The van der Waals surface area contributed by atoms with Crippen molar-refractivity contribution >= 4 is 5.91 Å². The SMILES string of the molecule is CN(C)C(=O)C(NC(c1ccccc1)c1ccccn1)c1ccccc1. The maximum atomic E-state index is 12.9. The molecule has 1 N–H and O–H groups in total. The number of likely N-dealkylation sites (N-methyl/N-ethyl adjacent to an activating group) is 1. The molecule has 1 aromatic heterocycles. The van der Waals surface area contributed by atoms with Gasteiger partial charge in [-0.2, -0.15) is 0 Å². The van der Waals surface area contributed by atoms with E-state index >= 15 is 0 Å². The first-order chi connectivity index (χ1) is 12.7. The number of carbonyl (C=O) groups excluding carboxylic acids is 1. The molecule has 2 aromatic carbocycles. The van der Waals surface area contributed by atoms with E-state index in [9.17, 15) is 4.79 Å². The molecule has 4 heteroatoms. The number of rotatable bonds is 6. The van der Waals surface area contributed by atoms with Crippen molar-refractivity contribution in [1.29, 1.82) is 0 Å². The maximum absolute atomic E-state index is 12.9. The first-order valence-electron chi connectivity index (χ1n) is 8.65. The van der Waals surface area contributed by atoms with Crippen LogP contribution in [0, 0.1) is 0 Å².